The van der Waals surface area contributed by atoms with Crippen LogP contribution in [-0.4, -0.2) is 4.40 Å². The lowest BCUT2D eigenvalue weighted by atomic mass is 9.93. The standard InChI is InChI=1S/C31H25N2/c1-18-14-23-16-19(2)20(3)28-29(23)27(15-18)33-26-17-22(21-8-6-5-7-9-21)10-11-24(26)25-12-13-32(4)31(28)30(25)33/h5-17H,1-4H3/q+1. The average molecular weight is 426 g/mol. The molecule has 2 heteroatoms. The molecule has 33 heavy (non-hydrogen) atoms. The smallest absolute Gasteiger partial charge is 0.238 e. The van der Waals surface area contributed by atoms with Gasteiger partial charge in [0.15, 0.2) is 6.20 Å². The molecule has 0 radical (unpaired) electrons. The molecule has 0 aliphatic rings. The predicted molar refractivity (Wildman–Crippen MR) is 139 cm³/mol. The Morgan fingerprint density at radius 3 is 2.33 bits per heavy atom. The van der Waals surface area contributed by atoms with Crippen LogP contribution in [0.4, 0.5) is 0 Å². The second-order valence-corrected chi connectivity index (χ2v) is 9.55. The minimum Gasteiger partial charge on any atom is -0.303 e. The van der Waals surface area contributed by atoms with Gasteiger partial charge in [0.05, 0.1) is 16.4 Å². The van der Waals surface area contributed by atoms with Crippen molar-refractivity contribution in [3.05, 3.63) is 95.7 Å². The molecule has 0 aliphatic carbocycles. The monoisotopic (exact) mass is 425 g/mol. The van der Waals surface area contributed by atoms with Crippen LogP contribution in [0.25, 0.3) is 60.1 Å². The number of nitrogens with zero attached hydrogens (tertiary/aromatic N) is 2. The van der Waals surface area contributed by atoms with Crippen LogP contribution >= 0.6 is 0 Å². The van der Waals surface area contributed by atoms with Gasteiger partial charge in [0, 0.05) is 22.2 Å². The van der Waals surface area contributed by atoms with Crippen molar-refractivity contribution in [1.29, 1.82) is 0 Å². The molecule has 158 valence electrons. The number of pyridine rings is 2. The van der Waals surface area contributed by atoms with E-state index < -0.39 is 0 Å². The summed E-state index contributed by atoms with van der Waals surface area (Å²) >= 11 is 0. The van der Waals surface area contributed by atoms with Gasteiger partial charge in [-0.25, -0.2) is 0 Å². The summed E-state index contributed by atoms with van der Waals surface area (Å²) in [5.41, 5.74) is 11.7. The molecule has 0 bridgehead atoms. The van der Waals surface area contributed by atoms with Crippen LogP contribution in [0.2, 0.25) is 0 Å². The number of aryl methyl sites for hydroxylation is 4. The van der Waals surface area contributed by atoms with E-state index in [1.54, 1.807) is 0 Å². The molecule has 4 aromatic carbocycles. The van der Waals surface area contributed by atoms with E-state index >= 15 is 0 Å². The van der Waals surface area contributed by atoms with Gasteiger partial charge in [-0.05, 0) is 66.1 Å². The van der Waals surface area contributed by atoms with E-state index in [1.165, 1.54) is 76.8 Å². The first-order chi connectivity index (χ1) is 16.0. The summed E-state index contributed by atoms with van der Waals surface area (Å²) in [6.07, 6.45) is 2.22. The SMILES string of the molecule is Cc1cc2cc(C)c(C)c3c2c(c1)n1c2cc(-c4ccccc4)ccc2c2cc[n+](C)c3c21. The third kappa shape index (κ3) is 2.36. The van der Waals surface area contributed by atoms with E-state index in [0.29, 0.717) is 0 Å². The summed E-state index contributed by atoms with van der Waals surface area (Å²) in [6, 6.07) is 27.0. The molecule has 7 rings (SSSR count). The predicted octanol–water partition coefficient (Wildman–Crippen LogP) is 7.41. The summed E-state index contributed by atoms with van der Waals surface area (Å²) in [5.74, 6) is 0. The fraction of sp³-hybridized carbons (Fsp3) is 0.129. The maximum atomic E-state index is 2.52. The number of hydrogen-bond acceptors (Lipinski definition) is 0. The van der Waals surface area contributed by atoms with Gasteiger partial charge < -0.3 is 4.40 Å². The zero-order valence-corrected chi connectivity index (χ0v) is 19.4. The van der Waals surface area contributed by atoms with E-state index in [0.717, 1.165) is 0 Å². The van der Waals surface area contributed by atoms with Gasteiger partial charge in [0.1, 0.15) is 12.6 Å². The molecular formula is C31H25N2+. The molecule has 2 nitrogen and oxygen atoms in total. The van der Waals surface area contributed by atoms with Gasteiger partial charge in [-0.3, -0.25) is 0 Å². The molecular weight excluding hydrogens is 400 g/mol. The Bertz CT molecular complexity index is 1890. The summed E-state index contributed by atoms with van der Waals surface area (Å²) in [6.45, 7) is 6.73. The second kappa shape index (κ2) is 6.32. The highest BCUT2D eigenvalue weighted by molar-refractivity contribution is 6.26. The Morgan fingerprint density at radius 2 is 1.52 bits per heavy atom. The van der Waals surface area contributed by atoms with E-state index in [-0.39, 0.29) is 0 Å². The number of rotatable bonds is 1. The Morgan fingerprint density at radius 1 is 0.697 bits per heavy atom. The molecule has 0 atom stereocenters. The average Bonchev–Trinajstić information content (AvgIpc) is 3.15. The van der Waals surface area contributed by atoms with Crippen molar-refractivity contribution in [3.63, 3.8) is 0 Å². The highest BCUT2D eigenvalue weighted by Gasteiger charge is 2.25. The topological polar surface area (TPSA) is 8.29 Å². The lowest BCUT2D eigenvalue weighted by Gasteiger charge is -2.15. The maximum Gasteiger partial charge on any atom is 0.238 e. The van der Waals surface area contributed by atoms with Crippen molar-refractivity contribution in [1.82, 2.24) is 4.40 Å². The largest absolute Gasteiger partial charge is 0.303 e. The first kappa shape index (κ1) is 18.6. The van der Waals surface area contributed by atoms with Crippen LogP contribution < -0.4 is 4.57 Å². The van der Waals surface area contributed by atoms with Gasteiger partial charge >= 0.3 is 0 Å². The summed E-state index contributed by atoms with van der Waals surface area (Å²) in [4.78, 5) is 0. The minimum absolute atomic E-state index is 1.25. The molecule has 0 amide bonds. The molecule has 0 saturated heterocycles. The van der Waals surface area contributed by atoms with Crippen molar-refractivity contribution in [2.45, 2.75) is 20.8 Å². The second-order valence-electron chi connectivity index (χ2n) is 9.55. The fourth-order valence-electron chi connectivity index (χ4n) is 5.88. The quantitative estimate of drug-likeness (QED) is 0.147. The van der Waals surface area contributed by atoms with Crippen molar-refractivity contribution in [3.8, 4) is 11.1 Å². The number of benzene rings is 4. The first-order valence-corrected chi connectivity index (χ1v) is 11.6. The highest BCUT2D eigenvalue weighted by Crippen LogP contribution is 2.42. The molecule has 0 saturated carbocycles. The van der Waals surface area contributed by atoms with E-state index in [1.807, 2.05) is 0 Å². The van der Waals surface area contributed by atoms with Crippen molar-refractivity contribution < 1.29 is 4.57 Å². The number of hydrogen-bond donors (Lipinski definition) is 0. The highest BCUT2D eigenvalue weighted by atomic mass is 15.0. The normalized spacial score (nSPS) is 12.2. The van der Waals surface area contributed by atoms with Crippen LogP contribution in [0.3, 0.4) is 0 Å². The van der Waals surface area contributed by atoms with Crippen LogP contribution in [-0.2, 0) is 7.05 Å². The van der Waals surface area contributed by atoms with Gasteiger partial charge in [-0.15, -0.1) is 0 Å². The third-order valence-electron chi connectivity index (χ3n) is 7.52. The first-order valence-electron chi connectivity index (χ1n) is 11.6. The van der Waals surface area contributed by atoms with Crippen LogP contribution in [0.1, 0.15) is 16.7 Å². The Kier molecular flexibility index (Phi) is 3.57. The molecule has 3 aromatic heterocycles. The lowest BCUT2D eigenvalue weighted by molar-refractivity contribution is -0.644. The molecule has 0 aliphatic heterocycles. The van der Waals surface area contributed by atoms with Crippen molar-refractivity contribution in [2.75, 3.05) is 0 Å². The van der Waals surface area contributed by atoms with E-state index in [9.17, 15) is 0 Å². The number of fused-ring (bicyclic) bond motifs is 5. The Hall–Kier alpha value is -3.91. The summed E-state index contributed by atoms with van der Waals surface area (Å²) < 4.78 is 4.82. The summed E-state index contributed by atoms with van der Waals surface area (Å²) in [5, 5.41) is 6.70. The van der Waals surface area contributed by atoms with E-state index in [4.69, 9.17) is 0 Å². The third-order valence-corrected chi connectivity index (χ3v) is 7.52. The molecule has 3 heterocycles. The fourth-order valence-corrected chi connectivity index (χ4v) is 5.88. The minimum atomic E-state index is 1.25. The van der Waals surface area contributed by atoms with Gasteiger partial charge in [0.2, 0.25) is 5.52 Å². The van der Waals surface area contributed by atoms with Crippen molar-refractivity contribution in [2.24, 2.45) is 7.05 Å². The lowest BCUT2D eigenvalue weighted by Crippen LogP contribution is -2.29. The molecule has 0 spiro atoms. The van der Waals surface area contributed by atoms with Gasteiger partial charge in [-0.2, -0.15) is 4.57 Å². The van der Waals surface area contributed by atoms with E-state index in [2.05, 4.69) is 116 Å². The molecule has 0 N–H and O–H groups in total. The van der Waals surface area contributed by atoms with Crippen LogP contribution in [0, 0.1) is 20.8 Å². The Labute approximate surface area is 192 Å². The van der Waals surface area contributed by atoms with Gasteiger partial charge in [0.25, 0.3) is 0 Å². The molecule has 7 aromatic rings. The zero-order chi connectivity index (χ0) is 22.4. The maximum absolute atomic E-state index is 2.52. The summed E-state index contributed by atoms with van der Waals surface area (Å²) in [7, 11) is 2.18. The Balaban J connectivity index is 1.82. The van der Waals surface area contributed by atoms with Gasteiger partial charge in [-0.1, -0.05) is 54.6 Å². The molecule has 0 unspecified atom stereocenters. The zero-order valence-electron chi connectivity index (χ0n) is 19.4. The number of aromatic nitrogens is 2. The van der Waals surface area contributed by atoms with Crippen molar-refractivity contribution >= 4 is 49.0 Å². The van der Waals surface area contributed by atoms with Crippen LogP contribution in [0.5, 0.6) is 0 Å². The van der Waals surface area contributed by atoms with Crippen LogP contribution in [0.15, 0.2) is 79.0 Å². The molecule has 0 fully saturated rings.